The lowest BCUT2D eigenvalue weighted by Gasteiger charge is -2.01. The number of methoxy groups -OCH3 is 1. The SMILES string of the molecule is COc1ccc(/C=C/c2ccc(OC(C)=O)cc2)cc1. The Morgan fingerprint density at radius 1 is 0.850 bits per heavy atom. The van der Waals surface area contributed by atoms with Crippen molar-refractivity contribution in [3.63, 3.8) is 0 Å². The van der Waals surface area contributed by atoms with Gasteiger partial charge in [0.15, 0.2) is 0 Å². The highest BCUT2D eigenvalue weighted by molar-refractivity contribution is 5.71. The molecule has 0 amide bonds. The molecule has 0 bridgehead atoms. The Hall–Kier alpha value is -2.55. The van der Waals surface area contributed by atoms with E-state index in [1.807, 2.05) is 48.6 Å². The normalized spacial score (nSPS) is 10.5. The monoisotopic (exact) mass is 268 g/mol. The predicted octanol–water partition coefficient (Wildman–Crippen LogP) is 3.79. The largest absolute Gasteiger partial charge is 0.497 e. The highest BCUT2D eigenvalue weighted by atomic mass is 16.5. The Morgan fingerprint density at radius 2 is 1.30 bits per heavy atom. The minimum absolute atomic E-state index is 0.313. The molecule has 0 heterocycles. The lowest BCUT2D eigenvalue weighted by Crippen LogP contribution is -2.00. The van der Waals surface area contributed by atoms with Gasteiger partial charge in [0, 0.05) is 6.92 Å². The van der Waals surface area contributed by atoms with Crippen molar-refractivity contribution in [3.8, 4) is 11.5 Å². The van der Waals surface area contributed by atoms with Crippen LogP contribution in [0.1, 0.15) is 18.1 Å². The average molecular weight is 268 g/mol. The summed E-state index contributed by atoms with van der Waals surface area (Å²) in [5, 5.41) is 0. The second-order valence-electron chi connectivity index (χ2n) is 4.27. The minimum Gasteiger partial charge on any atom is -0.497 e. The average Bonchev–Trinajstić information content (AvgIpc) is 2.46. The van der Waals surface area contributed by atoms with Crippen LogP contribution in [-0.4, -0.2) is 13.1 Å². The molecule has 0 aromatic heterocycles. The number of carbonyl (C=O) groups excluding carboxylic acids is 1. The summed E-state index contributed by atoms with van der Waals surface area (Å²) in [5.41, 5.74) is 2.13. The quantitative estimate of drug-likeness (QED) is 0.481. The summed E-state index contributed by atoms with van der Waals surface area (Å²) in [4.78, 5) is 10.8. The molecule has 2 aromatic rings. The first-order chi connectivity index (χ1) is 9.67. The van der Waals surface area contributed by atoms with Gasteiger partial charge in [0.05, 0.1) is 7.11 Å². The van der Waals surface area contributed by atoms with E-state index in [9.17, 15) is 4.79 Å². The zero-order chi connectivity index (χ0) is 14.4. The van der Waals surface area contributed by atoms with E-state index in [0.29, 0.717) is 5.75 Å². The van der Waals surface area contributed by atoms with Gasteiger partial charge in [-0.1, -0.05) is 36.4 Å². The fraction of sp³-hybridized carbons (Fsp3) is 0.118. The number of carbonyl (C=O) groups is 1. The Kier molecular flexibility index (Phi) is 4.56. The van der Waals surface area contributed by atoms with E-state index in [2.05, 4.69) is 0 Å². The maximum atomic E-state index is 10.8. The van der Waals surface area contributed by atoms with Crippen molar-refractivity contribution in [2.75, 3.05) is 7.11 Å². The van der Waals surface area contributed by atoms with Gasteiger partial charge in [-0.05, 0) is 35.4 Å². The molecular weight excluding hydrogens is 252 g/mol. The molecule has 2 rings (SSSR count). The lowest BCUT2D eigenvalue weighted by molar-refractivity contribution is -0.131. The van der Waals surface area contributed by atoms with Crippen LogP contribution in [0.25, 0.3) is 12.2 Å². The van der Waals surface area contributed by atoms with E-state index < -0.39 is 0 Å². The number of hydrogen-bond acceptors (Lipinski definition) is 3. The van der Waals surface area contributed by atoms with Gasteiger partial charge >= 0.3 is 5.97 Å². The summed E-state index contributed by atoms with van der Waals surface area (Å²) >= 11 is 0. The number of esters is 1. The Bertz CT molecular complexity index is 595. The van der Waals surface area contributed by atoms with E-state index in [-0.39, 0.29) is 5.97 Å². The highest BCUT2D eigenvalue weighted by Crippen LogP contribution is 2.16. The van der Waals surface area contributed by atoms with Gasteiger partial charge in [0.1, 0.15) is 11.5 Å². The Labute approximate surface area is 118 Å². The number of ether oxygens (including phenoxy) is 2. The van der Waals surface area contributed by atoms with Crippen molar-refractivity contribution in [2.45, 2.75) is 6.92 Å². The van der Waals surface area contributed by atoms with Crippen LogP contribution in [0.4, 0.5) is 0 Å². The number of hydrogen-bond donors (Lipinski definition) is 0. The van der Waals surface area contributed by atoms with Crippen LogP contribution >= 0.6 is 0 Å². The summed E-state index contributed by atoms with van der Waals surface area (Å²) in [7, 11) is 1.65. The molecule has 0 aliphatic carbocycles. The van der Waals surface area contributed by atoms with Gasteiger partial charge in [-0.25, -0.2) is 0 Å². The molecule has 2 aromatic carbocycles. The molecule has 0 N–H and O–H groups in total. The molecule has 20 heavy (non-hydrogen) atoms. The molecule has 0 radical (unpaired) electrons. The van der Waals surface area contributed by atoms with Crippen molar-refractivity contribution >= 4 is 18.1 Å². The fourth-order valence-corrected chi connectivity index (χ4v) is 1.72. The first kappa shape index (κ1) is 13.9. The Morgan fingerprint density at radius 3 is 1.70 bits per heavy atom. The second-order valence-corrected chi connectivity index (χ2v) is 4.27. The summed E-state index contributed by atoms with van der Waals surface area (Å²) < 4.78 is 10.1. The van der Waals surface area contributed by atoms with E-state index in [0.717, 1.165) is 16.9 Å². The summed E-state index contributed by atoms with van der Waals surface area (Å²) in [6, 6.07) is 15.2. The maximum Gasteiger partial charge on any atom is 0.308 e. The topological polar surface area (TPSA) is 35.5 Å². The smallest absolute Gasteiger partial charge is 0.308 e. The molecule has 0 atom stereocenters. The molecule has 0 fully saturated rings. The summed E-state index contributed by atoms with van der Waals surface area (Å²) in [6.07, 6.45) is 4.01. The van der Waals surface area contributed by atoms with Crippen LogP contribution < -0.4 is 9.47 Å². The van der Waals surface area contributed by atoms with Crippen molar-refractivity contribution in [3.05, 3.63) is 59.7 Å². The van der Waals surface area contributed by atoms with Crippen LogP contribution in [-0.2, 0) is 4.79 Å². The van der Waals surface area contributed by atoms with Gasteiger partial charge in [0.25, 0.3) is 0 Å². The van der Waals surface area contributed by atoms with Gasteiger partial charge in [0.2, 0.25) is 0 Å². The second kappa shape index (κ2) is 6.57. The van der Waals surface area contributed by atoms with Crippen molar-refractivity contribution in [2.24, 2.45) is 0 Å². The molecule has 0 unspecified atom stereocenters. The zero-order valence-corrected chi connectivity index (χ0v) is 11.5. The van der Waals surface area contributed by atoms with Crippen LogP contribution in [0.2, 0.25) is 0 Å². The zero-order valence-electron chi connectivity index (χ0n) is 11.5. The minimum atomic E-state index is -0.313. The van der Waals surface area contributed by atoms with Crippen LogP contribution in [0, 0.1) is 0 Å². The van der Waals surface area contributed by atoms with E-state index >= 15 is 0 Å². The third-order valence-corrected chi connectivity index (χ3v) is 2.73. The standard InChI is InChI=1S/C17H16O3/c1-13(18)20-17-11-7-15(8-12-17)4-3-14-5-9-16(19-2)10-6-14/h3-12H,1-2H3/b4-3+. The Balaban J connectivity index is 2.04. The first-order valence-electron chi connectivity index (χ1n) is 6.28. The van der Waals surface area contributed by atoms with Gasteiger partial charge in [-0.3, -0.25) is 4.79 Å². The third kappa shape index (κ3) is 3.99. The summed E-state index contributed by atoms with van der Waals surface area (Å²) in [5.74, 6) is 1.08. The van der Waals surface area contributed by atoms with Crippen LogP contribution in [0.15, 0.2) is 48.5 Å². The molecule has 102 valence electrons. The number of rotatable bonds is 4. The molecule has 0 saturated carbocycles. The molecule has 3 nitrogen and oxygen atoms in total. The maximum absolute atomic E-state index is 10.8. The van der Waals surface area contributed by atoms with Crippen molar-refractivity contribution < 1.29 is 14.3 Å². The highest BCUT2D eigenvalue weighted by Gasteiger charge is 1.96. The molecule has 0 aliphatic heterocycles. The predicted molar refractivity (Wildman–Crippen MR) is 79.7 cm³/mol. The van der Waals surface area contributed by atoms with Crippen molar-refractivity contribution in [1.29, 1.82) is 0 Å². The van der Waals surface area contributed by atoms with Crippen molar-refractivity contribution in [1.82, 2.24) is 0 Å². The molecular formula is C17H16O3. The third-order valence-electron chi connectivity index (χ3n) is 2.73. The van der Waals surface area contributed by atoms with Gasteiger partial charge < -0.3 is 9.47 Å². The fourth-order valence-electron chi connectivity index (χ4n) is 1.72. The van der Waals surface area contributed by atoms with E-state index in [1.54, 1.807) is 19.2 Å². The molecule has 0 aliphatic rings. The first-order valence-corrected chi connectivity index (χ1v) is 6.28. The molecule has 0 spiro atoms. The van der Waals surface area contributed by atoms with Gasteiger partial charge in [-0.2, -0.15) is 0 Å². The summed E-state index contributed by atoms with van der Waals surface area (Å²) in [6.45, 7) is 1.39. The lowest BCUT2D eigenvalue weighted by atomic mass is 10.1. The van der Waals surface area contributed by atoms with Crippen LogP contribution in [0.5, 0.6) is 11.5 Å². The number of benzene rings is 2. The van der Waals surface area contributed by atoms with Crippen LogP contribution in [0.3, 0.4) is 0 Å². The molecule has 0 saturated heterocycles. The van der Waals surface area contributed by atoms with E-state index in [1.165, 1.54) is 6.92 Å². The molecule has 3 heteroatoms. The van der Waals surface area contributed by atoms with Gasteiger partial charge in [-0.15, -0.1) is 0 Å². The van der Waals surface area contributed by atoms with E-state index in [4.69, 9.17) is 9.47 Å².